The van der Waals surface area contributed by atoms with Gasteiger partial charge in [-0.25, -0.2) is 8.78 Å². The molecule has 19 heavy (non-hydrogen) atoms. The van der Waals surface area contributed by atoms with Crippen molar-refractivity contribution < 1.29 is 8.78 Å². The van der Waals surface area contributed by atoms with Crippen LogP contribution in [0.15, 0.2) is 36.4 Å². The van der Waals surface area contributed by atoms with E-state index >= 15 is 0 Å². The van der Waals surface area contributed by atoms with Crippen molar-refractivity contribution in [3.8, 4) is 6.07 Å². The predicted molar refractivity (Wildman–Crippen MR) is 69.6 cm³/mol. The van der Waals surface area contributed by atoms with E-state index in [4.69, 9.17) is 5.26 Å². The number of aryl methyl sites for hydroxylation is 1. The fourth-order valence-electron chi connectivity index (χ4n) is 1.73. The van der Waals surface area contributed by atoms with Gasteiger partial charge in [-0.15, -0.1) is 0 Å². The molecule has 0 unspecified atom stereocenters. The molecule has 0 aliphatic rings. The lowest BCUT2D eigenvalue weighted by Gasteiger charge is -2.09. The molecular weight excluding hydrogens is 246 g/mol. The number of nitriles is 1. The Kier molecular flexibility index (Phi) is 3.76. The van der Waals surface area contributed by atoms with E-state index in [-0.39, 0.29) is 11.3 Å². The third-order valence-electron chi connectivity index (χ3n) is 2.79. The lowest BCUT2D eigenvalue weighted by Crippen LogP contribution is -2.03. The van der Waals surface area contributed by atoms with E-state index in [0.29, 0.717) is 12.1 Å². The van der Waals surface area contributed by atoms with Crippen LogP contribution in [-0.4, -0.2) is 0 Å². The standard InChI is InChI=1S/C15H12F2N2/c1-10-5-14(17)15(7-13(10)16)19-9-12-4-2-3-11(6-12)8-18/h2-7,19H,9H2,1H3. The number of anilines is 1. The maximum Gasteiger partial charge on any atom is 0.146 e. The van der Waals surface area contributed by atoms with Gasteiger partial charge in [0, 0.05) is 12.6 Å². The molecule has 0 spiro atoms. The molecule has 96 valence electrons. The van der Waals surface area contributed by atoms with E-state index in [1.165, 1.54) is 6.92 Å². The maximum atomic E-state index is 13.6. The van der Waals surface area contributed by atoms with Crippen LogP contribution in [0, 0.1) is 29.9 Å². The Labute approximate surface area is 110 Å². The first-order valence-corrected chi connectivity index (χ1v) is 5.78. The van der Waals surface area contributed by atoms with Gasteiger partial charge < -0.3 is 5.32 Å². The molecule has 2 rings (SSSR count). The van der Waals surface area contributed by atoms with E-state index in [2.05, 4.69) is 5.32 Å². The van der Waals surface area contributed by atoms with Crippen molar-refractivity contribution in [2.24, 2.45) is 0 Å². The van der Waals surface area contributed by atoms with Gasteiger partial charge in [0.2, 0.25) is 0 Å². The lowest BCUT2D eigenvalue weighted by molar-refractivity contribution is 0.594. The van der Waals surface area contributed by atoms with Gasteiger partial charge in [0.1, 0.15) is 11.6 Å². The molecule has 0 fully saturated rings. The average molecular weight is 258 g/mol. The molecule has 0 heterocycles. The van der Waals surface area contributed by atoms with Gasteiger partial charge in [-0.2, -0.15) is 5.26 Å². The van der Waals surface area contributed by atoms with Crippen molar-refractivity contribution in [3.63, 3.8) is 0 Å². The van der Waals surface area contributed by atoms with E-state index in [1.54, 1.807) is 18.2 Å². The van der Waals surface area contributed by atoms with Gasteiger partial charge in [0.15, 0.2) is 0 Å². The summed E-state index contributed by atoms with van der Waals surface area (Å²) in [5, 5.41) is 11.6. The van der Waals surface area contributed by atoms with Gasteiger partial charge in [0.05, 0.1) is 17.3 Å². The highest BCUT2D eigenvalue weighted by atomic mass is 19.1. The molecule has 0 aromatic heterocycles. The Hall–Kier alpha value is -2.41. The van der Waals surface area contributed by atoms with E-state index < -0.39 is 11.6 Å². The summed E-state index contributed by atoms with van der Waals surface area (Å²) in [4.78, 5) is 0. The Bertz CT molecular complexity index is 645. The van der Waals surface area contributed by atoms with Crippen molar-refractivity contribution in [1.29, 1.82) is 5.26 Å². The summed E-state index contributed by atoms with van der Waals surface area (Å²) in [7, 11) is 0. The lowest BCUT2D eigenvalue weighted by atomic mass is 10.1. The normalized spacial score (nSPS) is 10.0. The number of nitrogens with one attached hydrogen (secondary N) is 1. The van der Waals surface area contributed by atoms with Crippen molar-refractivity contribution >= 4 is 5.69 Å². The van der Waals surface area contributed by atoms with Gasteiger partial charge in [-0.3, -0.25) is 0 Å². The molecule has 0 saturated carbocycles. The van der Waals surface area contributed by atoms with Crippen LogP contribution in [0.2, 0.25) is 0 Å². The second-order valence-corrected chi connectivity index (χ2v) is 4.25. The highest BCUT2D eigenvalue weighted by molar-refractivity contribution is 5.47. The third kappa shape index (κ3) is 3.08. The highest BCUT2D eigenvalue weighted by Gasteiger charge is 2.07. The molecule has 0 radical (unpaired) electrons. The van der Waals surface area contributed by atoms with Crippen LogP contribution < -0.4 is 5.32 Å². The summed E-state index contributed by atoms with van der Waals surface area (Å²) in [6, 6.07) is 11.3. The molecule has 0 aliphatic heterocycles. The van der Waals surface area contributed by atoms with Crippen molar-refractivity contribution in [2.75, 3.05) is 5.32 Å². The van der Waals surface area contributed by atoms with Crippen LogP contribution in [0.5, 0.6) is 0 Å². The Morgan fingerprint density at radius 3 is 2.68 bits per heavy atom. The number of hydrogen-bond donors (Lipinski definition) is 1. The van der Waals surface area contributed by atoms with Gasteiger partial charge >= 0.3 is 0 Å². The molecular formula is C15H12F2N2. The zero-order valence-corrected chi connectivity index (χ0v) is 10.4. The van der Waals surface area contributed by atoms with Crippen molar-refractivity contribution in [2.45, 2.75) is 13.5 Å². The second-order valence-electron chi connectivity index (χ2n) is 4.25. The van der Waals surface area contributed by atoms with Crippen molar-refractivity contribution in [3.05, 3.63) is 64.7 Å². The summed E-state index contributed by atoms with van der Waals surface area (Å²) < 4.78 is 27.0. The first kappa shape index (κ1) is 13.0. The SMILES string of the molecule is Cc1cc(F)c(NCc2cccc(C#N)c2)cc1F. The molecule has 2 aromatic rings. The van der Waals surface area contributed by atoms with Gasteiger partial charge in [0.25, 0.3) is 0 Å². The first-order chi connectivity index (χ1) is 9.10. The zero-order chi connectivity index (χ0) is 13.8. The van der Waals surface area contributed by atoms with Gasteiger partial charge in [-0.05, 0) is 36.2 Å². The Morgan fingerprint density at radius 1 is 1.16 bits per heavy atom. The molecule has 2 nitrogen and oxygen atoms in total. The zero-order valence-electron chi connectivity index (χ0n) is 10.4. The summed E-state index contributed by atoms with van der Waals surface area (Å²) >= 11 is 0. The minimum Gasteiger partial charge on any atom is -0.379 e. The first-order valence-electron chi connectivity index (χ1n) is 5.78. The van der Waals surface area contributed by atoms with Crippen molar-refractivity contribution in [1.82, 2.24) is 0 Å². The Balaban J connectivity index is 2.14. The molecule has 4 heteroatoms. The van der Waals surface area contributed by atoms with Crippen LogP contribution in [0.4, 0.5) is 14.5 Å². The topological polar surface area (TPSA) is 35.8 Å². The predicted octanol–water partition coefficient (Wildman–Crippen LogP) is 3.76. The fourth-order valence-corrected chi connectivity index (χ4v) is 1.73. The molecule has 0 bridgehead atoms. The minimum absolute atomic E-state index is 0.116. The number of benzene rings is 2. The number of nitrogens with zero attached hydrogens (tertiary/aromatic N) is 1. The Morgan fingerprint density at radius 2 is 1.95 bits per heavy atom. The third-order valence-corrected chi connectivity index (χ3v) is 2.79. The quantitative estimate of drug-likeness (QED) is 0.909. The molecule has 0 atom stereocenters. The monoisotopic (exact) mass is 258 g/mol. The van der Waals surface area contributed by atoms with E-state index in [1.807, 2.05) is 12.1 Å². The number of halogens is 2. The average Bonchev–Trinajstić information content (AvgIpc) is 2.41. The van der Waals surface area contributed by atoms with Crippen LogP contribution in [0.1, 0.15) is 16.7 Å². The van der Waals surface area contributed by atoms with Crippen LogP contribution in [-0.2, 0) is 6.54 Å². The summed E-state index contributed by atoms with van der Waals surface area (Å²) in [5.74, 6) is -0.940. The highest BCUT2D eigenvalue weighted by Crippen LogP contribution is 2.19. The number of hydrogen-bond acceptors (Lipinski definition) is 2. The molecule has 0 aliphatic carbocycles. The van der Waals surface area contributed by atoms with Crippen LogP contribution in [0.3, 0.4) is 0 Å². The van der Waals surface area contributed by atoms with Gasteiger partial charge in [-0.1, -0.05) is 12.1 Å². The molecule has 0 saturated heterocycles. The summed E-state index contributed by atoms with van der Waals surface area (Å²) in [6.07, 6.45) is 0. The fraction of sp³-hybridized carbons (Fsp3) is 0.133. The van der Waals surface area contributed by atoms with Crippen LogP contribution >= 0.6 is 0 Å². The van der Waals surface area contributed by atoms with Crippen LogP contribution in [0.25, 0.3) is 0 Å². The maximum absolute atomic E-state index is 13.6. The molecule has 0 amide bonds. The molecule has 1 N–H and O–H groups in total. The smallest absolute Gasteiger partial charge is 0.146 e. The van der Waals surface area contributed by atoms with E-state index in [9.17, 15) is 8.78 Å². The molecule has 2 aromatic carbocycles. The number of rotatable bonds is 3. The largest absolute Gasteiger partial charge is 0.379 e. The summed E-state index contributed by atoms with van der Waals surface area (Å²) in [5.41, 5.74) is 1.76. The minimum atomic E-state index is -0.490. The van der Waals surface area contributed by atoms with E-state index in [0.717, 1.165) is 17.7 Å². The second kappa shape index (κ2) is 5.49. The summed E-state index contributed by atoms with van der Waals surface area (Å²) in [6.45, 7) is 1.84.